The molecule has 6 rings (SSSR count). The summed E-state index contributed by atoms with van der Waals surface area (Å²) in [6.45, 7) is 7.22. The van der Waals surface area contributed by atoms with Crippen molar-refractivity contribution in [2.24, 2.45) is 0 Å². The van der Waals surface area contributed by atoms with Crippen molar-refractivity contribution < 1.29 is 9.59 Å². The Balaban J connectivity index is 0.945. The van der Waals surface area contributed by atoms with E-state index in [1.165, 1.54) is 0 Å². The first-order valence-electron chi connectivity index (χ1n) is 15.0. The highest BCUT2D eigenvalue weighted by Crippen LogP contribution is 2.28. The molecule has 0 fully saturated rings. The standard InChI is InChI=1S/C34H32Cl2N8O2/c1-19-5-3-7-23-29(19)43-31-25(41-23)11-9-21(35)27(31)33(45)39-17-15-37-13-14-38-16-18-40-34(46)28-22(36)10-12-26-32(28)44-30-20(2)6-4-8-24(30)42-26/h3-12,37-38H,13-18H2,1-2H3,(H,39,45)(H,40,46). The zero-order valence-electron chi connectivity index (χ0n) is 25.4. The van der Waals surface area contributed by atoms with E-state index in [2.05, 4.69) is 31.2 Å². The molecular formula is C34H32Cl2N8O2. The third-order valence-electron chi connectivity index (χ3n) is 7.68. The van der Waals surface area contributed by atoms with Crippen LogP contribution >= 0.6 is 23.2 Å². The third-order valence-corrected chi connectivity index (χ3v) is 8.31. The second-order valence-corrected chi connectivity index (χ2v) is 11.7. The number of fused-ring (bicyclic) bond motifs is 4. The first kappa shape index (κ1) is 31.5. The van der Waals surface area contributed by atoms with E-state index in [0.29, 0.717) is 82.5 Å². The van der Waals surface area contributed by atoms with Gasteiger partial charge < -0.3 is 21.3 Å². The number of aromatic nitrogens is 4. The maximum absolute atomic E-state index is 13.1. The molecule has 0 saturated heterocycles. The zero-order valence-corrected chi connectivity index (χ0v) is 26.9. The smallest absolute Gasteiger partial charge is 0.255 e. The first-order valence-corrected chi connectivity index (χ1v) is 15.8. The van der Waals surface area contributed by atoms with E-state index in [0.717, 1.165) is 33.2 Å². The summed E-state index contributed by atoms with van der Waals surface area (Å²) in [7, 11) is 0. The van der Waals surface area contributed by atoms with Gasteiger partial charge in [0.2, 0.25) is 0 Å². The van der Waals surface area contributed by atoms with Crippen LogP contribution in [0.1, 0.15) is 31.8 Å². The van der Waals surface area contributed by atoms with Gasteiger partial charge in [0, 0.05) is 39.3 Å². The molecule has 0 aliphatic rings. The van der Waals surface area contributed by atoms with Gasteiger partial charge in [-0.15, -0.1) is 0 Å². The Morgan fingerprint density at radius 1 is 0.522 bits per heavy atom. The van der Waals surface area contributed by atoms with Crippen molar-refractivity contribution in [3.05, 3.63) is 93.0 Å². The van der Waals surface area contributed by atoms with Gasteiger partial charge in [-0.05, 0) is 61.4 Å². The predicted molar refractivity (Wildman–Crippen MR) is 184 cm³/mol. The summed E-state index contributed by atoms with van der Waals surface area (Å²) in [6.07, 6.45) is 0. The highest BCUT2D eigenvalue weighted by atomic mass is 35.5. The Labute approximate surface area is 275 Å². The van der Waals surface area contributed by atoms with Crippen LogP contribution in [-0.2, 0) is 0 Å². The highest BCUT2D eigenvalue weighted by Gasteiger charge is 2.19. The molecule has 12 heteroatoms. The topological polar surface area (TPSA) is 134 Å². The van der Waals surface area contributed by atoms with E-state index < -0.39 is 0 Å². The van der Waals surface area contributed by atoms with Gasteiger partial charge in [0.1, 0.15) is 11.0 Å². The normalized spacial score (nSPS) is 11.5. The number of carbonyl (C=O) groups is 2. The Hall–Kier alpha value is -4.48. The van der Waals surface area contributed by atoms with Crippen molar-refractivity contribution in [3.63, 3.8) is 0 Å². The van der Waals surface area contributed by atoms with Gasteiger partial charge in [-0.1, -0.05) is 47.5 Å². The number of carbonyl (C=O) groups excluding carboxylic acids is 2. The number of amides is 2. The molecule has 10 nitrogen and oxygen atoms in total. The quantitative estimate of drug-likeness (QED) is 0.111. The molecule has 0 aliphatic heterocycles. The van der Waals surface area contributed by atoms with E-state index in [9.17, 15) is 9.59 Å². The maximum atomic E-state index is 13.1. The number of aryl methyl sites for hydroxylation is 2. The van der Waals surface area contributed by atoms with Crippen molar-refractivity contribution in [1.29, 1.82) is 0 Å². The van der Waals surface area contributed by atoms with Gasteiger partial charge in [0.25, 0.3) is 11.8 Å². The number of halogens is 2. The van der Waals surface area contributed by atoms with Crippen LogP contribution in [-0.4, -0.2) is 71.0 Å². The van der Waals surface area contributed by atoms with Gasteiger partial charge in [-0.25, -0.2) is 19.9 Å². The molecule has 234 valence electrons. The van der Waals surface area contributed by atoms with E-state index in [4.69, 9.17) is 33.2 Å². The minimum absolute atomic E-state index is 0.297. The SMILES string of the molecule is Cc1cccc2nc3ccc(Cl)c(C(=O)NCCNCCNCCNC(=O)c4c(Cl)ccc5nc6cccc(C)c6nc45)c3nc12. The largest absolute Gasteiger partial charge is 0.351 e. The van der Waals surface area contributed by atoms with Crippen LogP contribution < -0.4 is 21.3 Å². The van der Waals surface area contributed by atoms with Crippen molar-refractivity contribution >= 4 is 79.1 Å². The molecule has 4 N–H and O–H groups in total. The number of nitrogens with one attached hydrogen (secondary N) is 4. The second-order valence-electron chi connectivity index (χ2n) is 10.9. The summed E-state index contributed by atoms with van der Waals surface area (Å²) in [6, 6.07) is 18.5. The molecule has 0 unspecified atom stereocenters. The number of hydrogen-bond donors (Lipinski definition) is 4. The summed E-state index contributed by atoms with van der Waals surface area (Å²) in [5, 5.41) is 13.1. The summed E-state index contributed by atoms with van der Waals surface area (Å²) in [5.41, 5.74) is 7.83. The summed E-state index contributed by atoms with van der Waals surface area (Å²) < 4.78 is 0. The van der Waals surface area contributed by atoms with Crippen molar-refractivity contribution in [2.45, 2.75) is 13.8 Å². The lowest BCUT2D eigenvalue weighted by atomic mass is 10.1. The van der Waals surface area contributed by atoms with Gasteiger partial charge in [-0.3, -0.25) is 9.59 Å². The molecule has 2 aromatic heterocycles. The van der Waals surface area contributed by atoms with Gasteiger partial charge in [0.05, 0.1) is 54.3 Å². The van der Waals surface area contributed by atoms with Crippen molar-refractivity contribution in [2.75, 3.05) is 39.3 Å². The number of hydrogen-bond acceptors (Lipinski definition) is 8. The fourth-order valence-electron chi connectivity index (χ4n) is 5.32. The molecule has 0 spiro atoms. The third kappa shape index (κ3) is 6.56. The predicted octanol–water partition coefficient (Wildman–Crippen LogP) is 5.14. The lowest BCUT2D eigenvalue weighted by Gasteiger charge is -2.12. The average molecular weight is 656 g/mol. The lowest BCUT2D eigenvalue weighted by molar-refractivity contribution is 0.0947. The van der Waals surface area contributed by atoms with Crippen LogP contribution in [0.3, 0.4) is 0 Å². The summed E-state index contributed by atoms with van der Waals surface area (Å²) in [5.74, 6) is -0.594. The summed E-state index contributed by atoms with van der Waals surface area (Å²) in [4.78, 5) is 45.0. The average Bonchev–Trinajstić information content (AvgIpc) is 3.04. The maximum Gasteiger partial charge on any atom is 0.255 e. The minimum Gasteiger partial charge on any atom is -0.351 e. The van der Waals surface area contributed by atoms with Crippen LogP contribution in [0.5, 0.6) is 0 Å². The first-order chi connectivity index (χ1) is 22.3. The highest BCUT2D eigenvalue weighted by molar-refractivity contribution is 6.36. The number of para-hydroxylation sites is 2. The molecule has 2 amide bonds. The molecule has 0 atom stereocenters. The number of benzene rings is 4. The molecule has 0 radical (unpaired) electrons. The number of nitrogens with zero attached hydrogens (tertiary/aromatic N) is 4. The molecule has 0 aliphatic carbocycles. The lowest BCUT2D eigenvalue weighted by Crippen LogP contribution is -2.37. The van der Waals surface area contributed by atoms with Crippen molar-refractivity contribution in [1.82, 2.24) is 41.2 Å². The molecular weight excluding hydrogens is 623 g/mol. The van der Waals surface area contributed by atoms with E-state index >= 15 is 0 Å². The van der Waals surface area contributed by atoms with E-state index in [1.54, 1.807) is 24.3 Å². The molecule has 4 aromatic carbocycles. The molecule has 6 aromatic rings. The minimum atomic E-state index is -0.297. The monoisotopic (exact) mass is 654 g/mol. The van der Waals surface area contributed by atoms with Crippen LogP contribution in [0.4, 0.5) is 0 Å². The molecule has 2 heterocycles. The molecule has 0 saturated carbocycles. The molecule has 46 heavy (non-hydrogen) atoms. The molecule has 0 bridgehead atoms. The second kappa shape index (κ2) is 13.9. The van der Waals surface area contributed by atoms with E-state index in [1.807, 2.05) is 50.2 Å². The summed E-state index contributed by atoms with van der Waals surface area (Å²) >= 11 is 12.9. The van der Waals surface area contributed by atoms with Crippen molar-refractivity contribution in [3.8, 4) is 0 Å². The zero-order chi connectivity index (χ0) is 32.2. The van der Waals surface area contributed by atoms with Crippen LogP contribution in [0.25, 0.3) is 44.1 Å². The van der Waals surface area contributed by atoms with Crippen LogP contribution in [0.15, 0.2) is 60.7 Å². The number of rotatable bonds is 11. The van der Waals surface area contributed by atoms with Crippen LogP contribution in [0.2, 0.25) is 10.0 Å². The fourth-order valence-corrected chi connectivity index (χ4v) is 5.80. The van der Waals surface area contributed by atoms with E-state index in [-0.39, 0.29) is 11.8 Å². The fraction of sp³-hybridized carbons (Fsp3) is 0.235. The Bertz CT molecular complexity index is 1970. The Kier molecular flexibility index (Phi) is 9.51. The van der Waals surface area contributed by atoms with Gasteiger partial charge in [0.15, 0.2) is 0 Å². The van der Waals surface area contributed by atoms with Gasteiger partial charge in [-0.2, -0.15) is 0 Å². The van der Waals surface area contributed by atoms with Crippen LogP contribution in [0, 0.1) is 13.8 Å². The Morgan fingerprint density at radius 3 is 1.35 bits per heavy atom. The Morgan fingerprint density at radius 2 is 0.913 bits per heavy atom. The van der Waals surface area contributed by atoms with Gasteiger partial charge >= 0.3 is 0 Å².